The van der Waals surface area contributed by atoms with Crippen LogP contribution in [0.4, 0.5) is 0 Å². The maximum atomic E-state index is 11.7. The van der Waals surface area contributed by atoms with Crippen molar-refractivity contribution in [3.05, 3.63) is 24.0 Å². The molecule has 0 radical (unpaired) electrons. The summed E-state index contributed by atoms with van der Waals surface area (Å²) in [5.74, 6) is 0.808. The van der Waals surface area contributed by atoms with Crippen LogP contribution in [0.5, 0.6) is 0 Å². The molecule has 0 aromatic carbocycles. The van der Waals surface area contributed by atoms with Gasteiger partial charge in [-0.25, -0.2) is 0 Å². The summed E-state index contributed by atoms with van der Waals surface area (Å²) < 4.78 is 1.72. The highest BCUT2D eigenvalue weighted by molar-refractivity contribution is 5.91. The van der Waals surface area contributed by atoms with Crippen LogP contribution in [0.25, 0.3) is 6.08 Å². The van der Waals surface area contributed by atoms with Crippen molar-refractivity contribution in [3.63, 3.8) is 0 Å². The standard InChI is InChI=1S/C14H21N3O/c1-11-3-6-13(7-4-11)16-14(18)8-5-12-9-15-17(2)10-12/h5,8-11,13H,3-4,6-7H2,1-2H3,(H,16,18)/b8-5+. The molecule has 1 N–H and O–H groups in total. The van der Waals surface area contributed by atoms with E-state index in [-0.39, 0.29) is 5.91 Å². The first-order valence-corrected chi connectivity index (χ1v) is 6.60. The molecule has 0 unspecified atom stereocenters. The third-order valence-corrected chi connectivity index (χ3v) is 3.51. The first-order valence-electron chi connectivity index (χ1n) is 6.60. The molecule has 1 amide bonds. The Morgan fingerprint density at radius 1 is 1.44 bits per heavy atom. The second-order valence-electron chi connectivity index (χ2n) is 5.25. The summed E-state index contributed by atoms with van der Waals surface area (Å²) in [6.45, 7) is 2.28. The summed E-state index contributed by atoms with van der Waals surface area (Å²) in [6, 6.07) is 0.354. The number of amides is 1. The maximum Gasteiger partial charge on any atom is 0.244 e. The van der Waals surface area contributed by atoms with Gasteiger partial charge in [0, 0.05) is 30.9 Å². The monoisotopic (exact) mass is 247 g/mol. The smallest absolute Gasteiger partial charge is 0.244 e. The van der Waals surface area contributed by atoms with Gasteiger partial charge >= 0.3 is 0 Å². The summed E-state index contributed by atoms with van der Waals surface area (Å²) >= 11 is 0. The molecule has 1 heterocycles. The fraction of sp³-hybridized carbons (Fsp3) is 0.571. The van der Waals surface area contributed by atoms with Gasteiger partial charge in [-0.1, -0.05) is 6.92 Å². The third-order valence-electron chi connectivity index (χ3n) is 3.51. The molecule has 1 aromatic heterocycles. The van der Waals surface area contributed by atoms with Crippen LogP contribution in [-0.2, 0) is 11.8 Å². The van der Waals surface area contributed by atoms with Gasteiger partial charge in [0.1, 0.15) is 0 Å². The molecule has 0 spiro atoms. The average molecular weight is 247 g/mol. The molecule has 0 aliphatic heterocycles. The van der Waals surface area contributed by atoms with Crippen LogP contribution in [0, 0.1) is 5.92 Å². The minimum Gasteiger partial charge on any atom is -0.350 e. The van der Waals surface area contributed by atoms with Crippen LogP contribution in [0.3, 0.4) is 0 Å². The number of carbonyl (C=O) groups is 1. The Morgan fingerprint density at radius 3 is 2.78 bits per heavy atom. The van der Waals surface area contributed by atoms with Crippen molar-refractivity contribution in [2.24, 2.45) is 13.0 Å². The minimum atomic E-state index is -0.00148. The van der Waals surface area contributed by atoms with E-state index in [1.165, 1.54) is 12.8 Å². The predicted molar refractivity (Wildman–Crippen MR) is 71.8 cm³/mol. The molecule has 0 bridgehead atoms. The number of hydrogen-bond donors (Lipinski definition) is 1. The summed E-state index contributed by atoms with van der Waals surface area (Å²) in [4.78, 5) is 11.7. The second kappa shape index (κ2) is 5.85. The van der Waals surface area contributed by atoms with E-state index >= 15 is 0 Å². The van der Waals surface area contributed by atoms with E-state index in [1.807, 2.05) is 13.2 Å². The lowest BCUT2D eigenvalue weighted by atomic mass is 9.87. The molecule has 4 nitrogen and oxygen atoms in total. The lowest BCUT2D eigenvalue weighted by Gasteiger charge is -2.26. The summed E-state index contributed by atoms with van der Waals surface area (Å²) in [5.41, 5.74) is 0.949. The van der Waals surface area contributed by atoms with Crippen molar-refractivity contribution in [2.75, 3.05) is 0 Å². The van der Waals surface area contributed by atoms with Gasteiger partial charge in [0.2, 0.25) is 5.91 Å². The molecular formula is C14H21N3O. The largest absolute Gasteiger partial charge is 0.350 e. The highest BCUT2D eigenvalue weighted by Gasteiger charge is 2.18. The Bertz CT molecular complexity index is 428. The van der Waals surface area contributed by atoms with E-state index in [0.29, 0.717) is 6.04 Å². The van der Waals surface area contributed by atoms with Gasteiger partial charge in [-0.2, -0.15) is 5.10 Å². The Kier molecular flexibility index (Phi) is 4.18. The van der Waals surface area contributed by atoms with Crippen molar-refractivity contribution in [3.8, 4) is 0 Å². The van der Waals surface area contributed by atoms with Crippen LogP contribution in [0.15, 0.2) is 18.5 Å². The molecule has 0 atom stereocenters. The van der Waals surface area contributed by atoms with Crippen molar-refractivity contribution in [1.82, 2.24) is 15.1 Å². The quantitative estimate of drug-likeness (QED) is 0.832. The number of hydrogen-bond acceptors (Lipinski definition) is 2. The van der Waals surface area contributed by atoms with Crippen LogP contribution in [-0.4, -0.2) is 21.7 Å². The van der Waals surface area contributed by atoms with Crippen molar-refractivity contribution < 1.29 is 4.79 Å². The maximum absolute atomic E-state index is 11.7. The molecule has 2 rings (SSSR count). The van der Waals surface area contributed by atoms with Crippen molar-refractivity contribution in [1.29, 1.82) is 0 Å². The predicted octanol–water partition coefficient (Wildman–Crippen LogP) is 2.13. The minimum absolute atomic E-state index is 0.00148. The van der Waals surface area contributed by atoms with Gasteiger partial charge < -0.3 is 5.32 Å². The van der Waals surface area contributed by atoms with Gasteiger partial charge in [0.25, 0.3) is 0 Å². The number of rotatable bonds is 3. The highest BCUT2D eigenvalue weighted by atomic mass is 16.1. The first kappa shape index (κ1) is 12.9. The molecule has 1 fully saturated rings. The molecule has 1 aliphatic carbocycles. The molecule has 1 aromatic rings. The van der Waals surface area contributed by atoms with Gasteiger partial charge in [-0.05, 0) is 37.7 Å². The van der Waals surface area contributed by atoms with Crippen molar-refractivity contribution >= 4 is 12.0 Å². The third kappa shape index (κ3) is 3.72. The molecule has 98 valence electrons. The Morgan fingerprint density at radius 2 is 2.17 bits per heavy atom. The van der Waals surface area contributed by atoms with Crippen LogP contribution in [0.1, 0.15) is 38.2 Å². The molecule has 1 aliphatic rings. The van der Waals surface area contributed by atoms with Gasteiger partial charge in [-0.15, -0.1) is 0 Å². The highest BCUT2D eigenvalue weighted by Crippen LogP contribution is 2.23. The van der Waals surface area contributed by atoms with E-state index in [0.717, 1.165) is 24.3 Å². The van der Waals surface area contributed by atoms with Gasteiger partial charge in [0.15, 0.2) is 0 Å². The van der Waals surface area contributed by atoms with E-state index in [9.17, 15) is 4.79 Å². The van der Waals surface area contributed by atoms with Gasteiger partial charge in [0.05, 0.1) is 6.20 Å². The lowest BCUT2D eigenvalue weighted by Crippen LogP contribution is -2.36. The van der Waals surface area contributed by atoms with Crippen LogP contribution < -0.4 is 5.32 Å². The topological polar surface area (TPSA) is 46.9 Å². The van der Waals surface area contributed by atoms with E-state index in [4.69, 9.17) is 0 Å². The van der Waals surface area contributed by atoms with E-state index in [2.05, 4.69) is 17.3 Å². The fourth-order valence-electron chi connectivity index (χ4n) is 2.35. The normalized spacial score (nSPS) is 24.3. The van der Waals surface area contributed by atoms with E-state index in [1.54, 1.807) is 23.0 Å². The fourth-order valence-corrected chi connectivity index (χ4v) is 2.35. The van der Waals surface area contributed by atoms with Crippen molar-refractivity contribution in [2.45, 2.75) is 38.6 Å². The zero-order valence-corrected chi connectivity index (χ0v) is 11.1. The number of aromatic nitrogens is 2. The summed E-state index contributed by atoms with van der Waals surface area (Å²) in [5, 5.41) is 7.12. The van der Waals surface area contributed by atoms with Gasteiger partial charge in [-0.3, -0.25) is 9.48 Å². The number of aryl methyl sites for hydroxylation is 1. The molecule has 0 saturated heterocycles. The molecule has 1 saturated carbocycles. The second-order valence-corrected chi connectivity index (χ2v) is 5.25. The zero-order chi connectivity index (χ0) is 13.0. The summed E-state index contributed by atoms with van der Waals surface area (Å²) in [6.07, 6.45) is 11.7. The SMILES string of the molecule is CC1CCC(NC(=O)/C=C/c2cnn(C)c2)CC1. The average Bonchev–Trinajstić information content (AvgIpc) is 2.76. The summed E-state index contributed by atoms with van der Waals surface area (Å²) in [7, 11) is 1.86. The molecule has 4 heteroatoms. The van der Waals surface area contributed by atoms with Crippen LogP contribution in [0.2, 0.25) is 0 Å². The first-order chi connectivity index (χ1) is 8.63. The van der Waals surface area contributed by atoms with Crippen LogP contribution >= 0.6 is 0 Å². The molecule has 18 heavy (non-hydrogen) atoms. The number of nitrogens with zero attached hydrogens (tertiary/aromatic N) is 2. The zero-order valence-electron chi connectivity index (χ0n) is 11.1. The Labute approximate surface area is 108 Å². The lowest BCUT2D eigenvalue weighted by molar-refractivity contribution is -0.117. The Hall–Kier alpha value is -1.58. The number of nitrogens with one attached hydrogen (secondary N) is 1. The molecular weight excluding hydrogens is 226 g/mol. The Balaban J connectivity index is 1.80. The number of carbonyl (C=O) groups excluding carboxylic acids is 1. The van der Waals surface area contributed by atoms with E-state index < -0.39 is 0 Å².